The summed E-state index contributed by atoms with van der Waals surface area (Å²) >= 11 is 0. The highest BCUT2D eigenvalue weighted by Gasteiger charge is 2.21. The Balaban J connectivity index is 2.36. The Morgan fingerprint density at radius 1 is 1.50 bits per heavy atom. The molecule has 1 atom stereocenters. The van der Waals surface area contributed by atoms with Crippen LogP contribution in [0.5, 0.6) is 0 Å². The van der Waals surface area contributed by atoms with E-state index in [4.69, 9.17) is 0 Å². The number of fused-ring (bicyclic) bond motifs is 1. The maximum Gasteiger partial charge on any atom is -0.0118 e. The van der Waals surface area contributed by atoms with E-state index in [2.05, 4.69) is 44.2 Å². The third-order valence-corrected chi connectivity index (χ3v) is 3.30. The molecule has 0 saturated heterocycles. The van der Waals surface area contributed by atoms with Gasteiger partial charge < -0.3 is 0 Å². The molecule has 0 saturated carbocycles. The third-order valence-electron chi connectivity index (χ3n) is 3.30. The molecule has 2 aliphatic rings. The summed E-state index contributed by atoms with van der Waals surface area (Å²) < 4.78 is 0. The standard InChI is InChI=1S/C14H18/c1-3-11(2)13-10-6-8-12-7-4-5-9-14(12)13/h3-5,9-10,12H,6-8H2,1-2H3/b11-3+. The van der Waals surface area contributed by atoms with Crippen molar-refractivity contribution >= 4 is 0 Å². The fourth-order valence-electron chi connectivity index (χ4n) is 2.35. The van der Waals surface area contributed by atoms with Crippen LogP contribution in [-0.4, -0.2) is 0 Å². The van der Waals surface area contributed by atoms with Gasteiger partial charge in [-0.25, -0.2) is 0 Å². The van der Waals surface area contributed by atoms with E-state index in [-0.39, 0.29) is 0 Å². The molecule has 2 aliphatic carbocycles. The molecule has 2 rings (SSSR count). The average Bonchev–Trinajstić information content (AvgIpc) is 2.27. The van der Waals surface area contributed by atoms with Crippen LogP contribution in [0.15, 0.2) is 47.1 Å². The molecule has 0 spiro atoms. The first-order chi connectivity index (χ1) is 6.83. The summed E-state index contributed by atoms with van der Waals surface area (Å²) in [5, 5.41) is 0. The zero-order chi connectivity index (χ0) is 9.97. The molecule has 0 aromatic heterocycles. The summed E-state index contributed by atoms with van der Waals surface area (Å²) in [7, 11) is 0. The lowest BCUT2D eigenvalue weighted by molar-refractivity contribution is 0.557. The maximum atomic E-state index is 2.40. The largest absolute Gasteiger partial charge is 0.0841 e. The van der Waals surface area contributed by atoms with E-state index >= 15 is 0 Å². The molecule has 0 aromatic carbocycles. The van der Waals surface area contributed by atoms with Gasteiger partial charge in [-0.2, -0.15) is 0 Å². The van der Waals surface area contributed by atoms with Crippen LogP contribution in [0.25, 0.3) is 0 Å². The molecule has 14 heavy (non-hydrogen) atoms. The highest BCUT2D eigenvalue weighted by molar-refractivity contribution is 5.50. The Morgan fingerprint density at radius 2 is 2.36 bits per heavy atom. The van der Waals surface area contributed by atoms with Crippen LogP contribution >= 0.6 is 0 Å². The molecule has 0 N–H and O–H groups in total. The zero-order valence-electron chi connectivity index (χ0n) is 9.09. The summed E-state index contributed by atoms with van der Waals surface area (Å²) in [6, 6.07) is 0. The van der Waals surface area contributed by atoms with E-state index in [1.54, 1.807) is 5.57 Å². The van der Waals surface area contributed by atoms with Gasteiger partial charge in [0.15, 0.2) is 0 Å². The lowest BCUT2D eigenvalue weighted by Crippen LogP contribution is -2.12. The highest BCUT2D eigenvalue weighted by Crippen LogP contribution is 2.37. The fourth-order valence-corrected chi connectivity index (χ4v) is 2.35. The summed E-state index contributed by atoms with van der Waals surface area (Å²) in [5.74, 6) is 0.787. The van der Waals surface area contributed by atoms with E-state index < -0.39 is 0 Å². The van der Waals surface area contributed by atoms with Crippen LogP contribution in [0.1, 0.15) is 33.1 Å². The van der Waals surface area contributed by atoms with Crippen LogP contribution in [0, 0.1) is 5.92 Å². The molecule has 0 bridgehead atoms. The average molecular weight is 186 g/mol. The van der Waals surface area contributed by atoms with Crippen molar-refractivity contribution in [1.82, 2.24) is 0 Å². The van der Waals surface area contributed by atoms with Crippen LogP contribution < -0.4 is 0 Å². The first kappa shape index (κ1) is 9.51. The molecule has 0 nitrogen and oxygen atoms in total. The second-order valence-corrected chi connectivity index (χ2v) is 4.15. The van der Waals surface area contributed by atoms with Gasteiger partial charge in [0.25, 0.3) is 0 Å². The Hall–Kier alpha value is -1.04. The van der Waals surface area contributed by atoms with Gasteiger partial charge in [-0.05, 0) is 55.7 Å². The summed E-state index contributed by atoms with van der Waals surface area (Å²) in [5.41, 5.74) is 4.48. The van der Waals surface area contributed by atoms with Crippen molar-refractivity contribution in [2.75, 3.05) is 0 Å². The van der Waals surface area contributed by atoms with E-state index in [0.717, 1.165) is 5.92 Å². The number of rotatable bonds is 1. The predicted octanol–water partition coefficient (Wildman–Crippen LogP) is 4.18. The van der Waals surface area contributed by atoms with Crippen molar-refractivity contribution in [3.63, 3.8) is 0 Å². The van der Waals surface area contributed by atoms with Crippen LogP contribution in [0.4, 0.5) is 0 Å². The topological polar surface area (TPSA) is 0 Å². The van der Waals surface area contributed by atoms with Crippen molar-refractivity contribution in [2.24, 2.45) is 5.92 Å². The van der Waals surface area contributed by atoms with Gasteiger partial charge in [-0.1, -0.05) is 30.4 Å². The number of hydrogen-bond acceptors (Lipinski definition) is 0. The van der Waals surface area contributed by atoms with Gasteiger partial charge in [0.05, 0.1) is 0 Å². The normalized spacial score (nSPS) is 26.7. The Bertz CT molecular complexity index is 337. The molecular formula is C14H18. The van der Waals surface area contributed by atoms with Gasteiger partial charge in [-0.15, -0.1) is 0 Å². The van der Waals surface area contributed by atoms with Crippen molar-refractivity contribution in [1.29, 1.82) is 0 Å². The summed E-state index contributed by atoms with van der Waals surface area (Å²) in [6.45, 7) is 4.34. The van der Waals surface area contributed by atoms with Crippen LogP contribution in [0.2, 0.25) is 0 Å². The summed E-state index contributed by atoms with van der Waals surface area (Å²) in [4.78, 5) is 0. The monoisotopic (exact) mass is 186 g/mol. The lowest BCUT2D eigenvalue weighted by Gasteiger charge is -2.28. The Kier molecular flexibility index (Phi) is 2.72. The molecule has 0 aromatic rings. The van der Waals surface area contributed by atoms with Gasteiger partial charge in [0.2, 0.25) is 0 Å². The molecule has 0 aliphatic heterocycles. The minimum atomic E-state index is 0.787. The van der Waals surface area contributed by atoms with E-state index in [0.29, 0.717) is 0 Å². The minimum absolute atomic E-state index is 0.787. The third kappa shape index (κ3) is 1.61. The molecular weight excluding hydrogens is 168 g/mol. The first-order valence-corrected chi connectivity index (χ1v) is 5.53. The number of allylic oxidation sites excluding steroid dienone is 8. The lowest BCUT2D eigenvalue weighted by atomic mass is 9.77. The van der Waals surface area contributed by atoms with E-state index in [1.165, 1.54) is 30.4 Å². The first-order valence-electron chi connectivity index (χ1n) is 5.53. The van der Waals surface area contributed by atoms with Gasteiger partial charge in [-0.3, -0.25) is 0 Å². The summed E-state index contributed by atoms with van der Waals surface area (Å²) in [6.07, 6.45) is 15.2. The van der Waals surface area contributed by atoms with Crippen molar-refractivity contribution < 1.29 is 0 Å². The SMILES string of the molecule is C/C=C(\C)C1=CCCC2CC=CC=C12. The molecule has 1 unspecified atom stereocenters. The molecule has 0 heterocycles. The Morgan fingerprint density at radius 3 is 3.14 bits per heavy atom. The Labute approximate surface area is 86.7 Å². The molecule has 74 valence electrons. The molecule has 0 amide bonds. The van der Waals surface area contributed by atoms with E-state index in [1.807, 2.05) is 0 Å². The maximum absolute atomic E-state index is 2.40. The van der Waals surface area contributed by atoms with Crippen LogP contribution in [-0.2, 0) is 0 Å². The molecule has 0 heteroatoms. The van der Waals surface area contributed by atoms with Crippen molar-refractivity contribution in [3.05, 3.63) is 47.1 Å². The van der Waals surface area contributed by atoms with Gasteiger partial charge >= 0.3 is 0 Å². The fraction of sp³-hybridized carbons (Fsp3) is 0.429. The van der Waals surface area contributed by atoms with Crippen molar-refractivity contribution in [3.8, 4) is 0 Å². The second kappa shape index (κ2) is 4.00. The molecule has 0 fully saturated rings. The highest BCUT2D eigenvalue weighted by atomic mass is 14.3. The predicted molar refractivity (Wildman–Crippen MR) is 62.1 cm³/mol. The smallest absolute Gasteiger partial charge is 0.0118 e. The van der Waals surface area contributed by atoms with E-state index in [9.17, 15) is 0 Å². The number of hydrogen-bond donors (Lipinski definition) is 0. The minimum Gasteiger partial charge on any atom is -0.0841 e. The van der Waals surface area contributed by atoms with Crippen LogP contribution in [0.3, 0.4) is 0 Å². The van der Waals surface area contributed by atoms with Crippen molar-refractivity contribution in [2.45, 2.75) is 33.1 Å². The molecule has 0 radical (unpaired) electrons. The zero-order valence-corrected chi connectivity index (χ0v) is 9.09. The second-order valence-electron chi connectivity index (χ2n) is 4.15. The van der Waals surface area contributed by atoms with Gasteiger partial charge in [0, 0.05) is 0 Å². The quantitative estimate of drug-likeness (QED) is 0.576. The van der Waals surface area contributed by atoms with Gasteiger partial charge in [0.1, 0.15) is 0 Å².